The number of anilines is 1. The fraction of sp³-hybridized carbons (Fsp3) is 0.238. The highest BCUT2D eigenvalue weighted by Crippen LogP contribution is 2.23. The van der Waals surface area contributed by atoms with Crippen molar-refractivity contribution in [2.24, 2.45) is 0 Å². The third-order valence-electron chi connectivity index (χ3n) is 4.51. The predicted octanol–water partition coefficient (Wildman–Crippen LogP) is 5.07. The van der Waals surface area contributed by atoms with Crippen molar-refractivity contribution in [1.29, 1.82) is 0 Å². The van der Waals surface area contributed by atoms with Crippen LogP contribution in [0.15, 0.2) is 42.5 Å². The zero-order valence-corrected chi connectivity index (χ0v) is 16.2. The monoisotopic (exact) mass is 367 g/mol. The fourth-order valence-corrected chi connectivity index (χ4v) is 3.12. The van der Waals surface area contributed by atoms with Crippen LogP contribution in [-0.2, 0) is 6.54 Å². The van der Waals surface area contributed by atoms with Crippen LogP contribution in [0.5, 0.6) is 0 Å². The Morgan fingerprint density at radius 2 is 1.73 bits per heavy atom. The number of amides is 1. The third-order valence-corrected chi connectivity index (χ3v) is 4.89. The minimum Gasteiger partial charge on any atom is -0.322 e. The Kier molecular flexibility index (Phi) is 5.14. The van der Waals surface area contributed by atoms with E-state index in [2.05, 4.69) is 10.4 Å². The number of aromatic nitrogens is 2. The number of rotatable bonds is 4. The van der Waals surface area contributed by atoms with E-state index >= 15 is 0 Å². The number of nitrogens with one attached hydrogen (secondary N) is 1. The van der Waals surface area contributed by atoms with Crippen LogP contribution in [0.4, 0.5) is 5.69 Å². The molecule has 0 aliphatic carbocycles. The van der Waals surface area contributed by atoms with Gasteiger partial charge in [0, 0.05) is 5.69 Å². The maximum atomic E-state index is 12.7. The maximum absolute atomic E-state index is 12.7. The lowest BCUT2D eigenvalue weighted by atomic mass is 10.1. The van der Waals surface area contributed by atoms with Crippen LogP contribution in [0.3, 0.4) is 0 Å². The quantitative estimate of drug-likeness (QED) is 0.699. The molecule has 0 saturated carbocycles. The minimum absolute atomic E-state index is 0.245. The smallest absolute Gasteiger partial charge is 0.260 e. The first-order chi connectivity index (χ1) is 12.3. The van der Waals surface area contributed by atoms with Crippen molar-refractivity contribution in [3.63, 3.8) is 0 Å². The molecule has 0 unspecified atom stereocenters. The first-order valence-corrected chi connectivity index (χ1v) is 8.90. The van der Waals surface area contributed by atoms with Crippen LogP contribution >= 0.6 is 11.6 Å². The summed E-state index contributed by atoms with van der Waals surface area (Å²) in [6.45, 7) is 8.42. The summed E-state index contributed by atoms with van der Waals surface area (Å²) in [6, 6.07) is 14.0. The molecule has 1 amide bonds. The van der Waals surface area contributed by atoms with E-state index in [0.29, 0.717) is 23.0 Å². The van der Waals surface area contributed by atoms with Crippen LogP contribution < -0.4 is 5.32 Å². The first kappa shape index (κ1) is 18.2. The number of nitrogens with zero attached hydrogens (tertiary/aromatic N) is 2. The number of carbonyl (C=O) groups excluding carboxylic acids is 1. The number of hydrogen-bond donors (Lipinski definition) is 1. The van der Waals surface area contributed by atoms with Crippen LogP contribution in [0.1, 0.15) is 38.3 Å². The molecule has 1 N–H and O–H groups in total. The van der Waals surface area contributed by atoms with E-state index < -0.39 is 0 Å². The van der Waals surface area contributed by atoms with Gasteiger partial charge in [-0.3, -0.25) is 4.79 Å². The molecule has 0 bridgehead atoms. The van der Waals surface area contributed by atoms with Gasteiger partial charge < -0.3 is 5.32 Å². The minimum atomic E-state index is -0.245. The Labute approximate surface area is 158 Å². The molecule has 1 heterocycles. The summed E-state index contributed by atoms with van der Waals surface area (Å²) in [6.07, 6.45) is 0. The molecule has 0 saturated heterocycles. The van der Waals surface area contributed by atoms with Crippen molar-refractivity contribution >= 4 is 23.2 Å². The summed E-state index contributed by atoms with van der Waals surface area (Å²) in [5.74, 6) is -0.245. The lowest BCUT2D eigenvalue weighted by molar-refractivity contribution is 0.102. The lowest BCUT2D eigenvalue weighted by Crippen LogP contribution is -2.13. The van der Waals surface area contributed by atoms with Crippen molar-refractivity contribution in [2.45, 2.75) is 34.2 Å². The summed E-state index contributed by atoms with van der Waals surface area (Å²) >= 11 is 6.47. The summed E-state index contributed by atoms with van der Waals surface area (Å²) in [7, 11) is 0. The highest BCUT2D eigenvalue weighted by Gasteiger charge is 2.20. The number of carbonyl (C=O) groups is 1. The van der Waals surface area contributed by atoms with Gasteiger partial charge in [-0.2, -0.15) is 5.10 Å². The van der Waals surface area contributed by atoms with Gasteiger partial charge in [0.05, 0.1) is 17.8 Å². The van der Waals surface area contributed by atoms with E-state index in [-0.39, 0.29) is 5.91 Å². The molecule has 1 aromatic heterocycles. The van der Waals surface area contributed by atoms with Gasteiger partial charge in [-0.15, -0.1) is 0 Å². The Balaban J connectivity index is 1.83. The zero-order valence-electron chi connectivity index (χ0n) is 15.4. The van der Waals surface area contributed by atoms with Gasteiger partial charge in [-0.1, -0.05) is 47.5 Å². The highest BCUT2D eigenvalue weighted by molar-refractivity contribution is 6.33. The highest BCUT2D eigenvalue weighted by atomic mass is 35.5. The third kappa shape index (κ3) is 3.81. The summed E-state index contributed by atoms with van der Waals surface area (Å²) < 4.78 is 1.66. The molecule has 4 nitrogen and oxygen atoms in total. The normalized spacial score (nSPS) is 10.8. The van der Waals surface area contributed by atoms with Crippen molar-refractivity contribution in [3.05, 3.63) is 81.1 Å². The van der Waals surface area contributed by atoms with Crippen LogP contribution in [0.2, 0.25) is 5.15 Å². The van der Waals surface area contributed by atoms with E-state index in [1.54, 1.807) is 11.6 Å². The molecule has 2 aromatic carbocycles. The average molecular weight is 368 g/mol. The second-order valence-electron chi connectivity index (χ2n) is 6.65. The van der Waals surface area contributed by atoms with Gasteiger partial charge in [0.1, 0.15) is 5.15 Å². The molecule has 134 valence electrons. The molecule has 26 heavy (non-hydrogen) atoms. The average Bonchev–Trinajstić information content (AvgIpc) is 2.87. The second kappa shape index (κ2) is 7.34. The number of aryl methyl sites for hydroxylation is 4. The van der Waals surface area contributed by atoms with E-state index in [0.717, 1.165) is 16.8 Å². The molecule has 5 heteroatoms. The van der Waals surface area contributed by atoms with Gasteiger partial charge in [-0.05, 0) is 56.5 Å². The van der Waals surface area contributed by atoms with E-state index in [1.807, 2.05) is 63.2 Å². The maximum Gasteiger partial charge on any atom is 0.260 e. The summed E-state index contributed by atoms with van der Waals surface area (Å²) in [5.41, 5.74) is 6.37. The Morgan fingerprint density at radius 1 is 1.04 bits per heavy atom. The van der Waals surface area contributed by atoms with Crippen LogP contribution in [0.25, 0.3) is 0 Å². The van der Waals surface area contributed by atoms with Crippen molar-refractivity contribution in [3.8, 4) is 0 Å². The standard InChI is InChI=1S/C21H22ClN3O/c1-13-5-8-17(9-6-13)12-25-20(22)19(16(4)24-25)21(26)23-18-10-7-14(2)15(3)11-18/h5-11H,12H2,1-4H3,(H,23,26). The topological polar surface area (TPSA) is 46.9 Å². The molecule has 0 fully saturated rings. The summed E-state index contributed by atoms with van der Waals surface area (Å²) in [5, 5.41) is 7.71. The molecule has 0 atom stereocenters. The molecule has 0 aliphatic rings. The largest absolute Gasteiger partial charge is 0.322 e. The number of benzene rings is 2. The van der Waals surface area contributed by atoms with E-state index in [4.69, 9.17) is 11.6 Å². The molecular formula is C21H22ClN3O. The molecule has 0 radical (unpaired) electrons. The van der Waals surface area contributed by atoms with E-state index in [9.17, 15) is 4.79 Å². The second-order valence-corrected chi connectivity index (χ2v) is 7.01. The molecule has 0 spiro atoms. The van der Waals surface area contributed by atoms with Crippen LogP contribution in [-0.4, -0.2) is 15.7 Å². The van der Waals surface area contributed by atoms with Gasteiger partial charge in [0.2, 0.25) is 0 Å². The number of halogens is 1. The predicted molar refractivity (Wildman–Crippen MR) is 106 cm³/mol. The lowest BCUT2D eigenvalue weighted by Gasteiger charge is -2.08. The molecular weight excluding hydrogens is 346 g/mol. The van der Waals surface area contributed by atoms with Crippen molar-refractivity contribution in [1.82, 2.24) is 9.78 Å². The van der Waals surface area contributed by atoms with Crippen molar-refractivity contribution < 1.29 is 4.79 Å². The first-order valence-electron chi connectivity index (χ1n) is 8.52. The fourth-order valence-electron chi connectivity index (χ4n) is 2.80. The number of hydrogen-bond acceptors (Lipinski definition) is 2. The molecule has 3 rings (SSSR count). The van der Waals surface area contributed by atoms with Gasteiger partial charge >= 0.3 is 0 Å². The van der Waals surface area contributed by atoms with Crippen LogP contribution in [0, 0.1) is 27.7 Å². The SMILES string of the molecule is Cc1ccc(Cn2nc(C)c(C(=O)Nc3ccc(C)c(C)c3)c2Cl)cc1. The van der Waals surface area contributed by atoms with E-state index in [1.165, 1.54) is 11.1 Å². The van der Waals surface area contributed by atoms with Gasteiger partial charge in [-0.25, -0.2) is 4.68 Å². The van der Waals surface area contributed by atoms with Gasteiger partial charge in [0.15, 0.2) is 0 Å². The van der Waals surface area contributed by atoms with Crippen molar-refractivity contribution in [2.75, 3.05) is 5.32 Å². The zero-order chi connectivity index (χ0) is 18.8. The summed E-state index contributed by atoms with van der Waals surface area (Å²) in [4.78, 5) is 12.7. The molecule has 0 aliphatic heterocycles. The Morgan fingerprint density at radius 3 is 2.38 bits per heavy atom. The molecule has 3 aromatic rings. The van der Waals surface area contributed by atoms with Gasteiger partial charge in [0.25, 0.3) is 5.91 Å². The Hall–Kier alpha value is -2.59. The Bertz CT molecular complexity index is 958.